The maximum Gasteiger partial charge on any atom is 0.321 e. The van der Waals surface area contributed by atoms with Gasteiger partial charge < -0.3 is 9.47 Å². The van der Waals surface area contributed by atoms with Crippen LogP contribution in [0.4, 0.5) is 0 Å². The van der Waals surface area contributed by atoms with Crippen molar-refractivity contribution in [2.45, 2.75) is 6.61 Å². The van der Waals surface area contributed by atoms with Crippen molar-refractivity contribution in [3.63, 3.8) is 0 Å². The van der Waals surface area contributed by atoms with Crippen LogP contribution >= 0.6 is 0 Å². The summed E-state index contributed by atoms with van der Waals surface area (Å²) in [5, 5.41) is 1.01. The number of hydrogen-bond acceptors (Lipinski definition) is 5. The summed E-state index contributed by atoms with van der Waals surface area (Å²) in [6, 6.07) is 16.1. The predicted molar refractivity (Wildman–Crippen MR) is 95.2 cm³/mol. The van der Waals surface area contributed by atoms with Gasteiger partial charge in [-0.15, -0.1) is 0 Å². The van der Waals surface area contributed by atoms with Gasteiger partial charge in [0.2, 0.25) is 10.0 Å². The minimum absolute atomic E-state index is 0.0393. The summed E-state index contributed by atoms with van der Waals surface area (Å²) >= 11 is 0. The molecule has 0 heterocycles. The van der Waals surface area contributed by atoms with Gasteiger partial charge in [-0.25, -0.2) is 13.1 Å². The second-order valence-electron chi connectivity index (χ2n) is 5.09. The largest absolute Gasteiger partial charge is 0.497 e. The van der Waals surface area contributed by atoms with Crippen LogP contribution in [0.3, 0.4) is 0 Å². The molecule has 0 spiro atoms. The first-order valence-electron chi connectivity index (χ1n) is 7.50. The molecule has 25 heavy (non-hydrogen) atoms. The van der Waals surface area contributed by atoms with Crippen molar-refractivity contribution < 1.29 is 22.7 Å². The van der Waals surface area contributed by atoms with E-state index in [1.54, 1.807) is 55.6 Å². The fraction of sp³-hybridized carbons (Fsp3) is 0.167. The summed E-state index contributed by atoms with van der Waals surface area (Å²) in [7, 11) is -2.18. The van der Waals surface area contributed by atoms with Gasteiger partial charge in [0.25, 0.3) is 0 Å². The molecule has 0 aliphatic heterocycles. The van der Waals surface area contributed by atoms with Crippen LogP contribution in [0, 0.1) is 0 Å². The lowest BCUT2D eigenvalue weighted by molar-refractivity contribution is -0.143. The number of hydrogen-bond donors (Lipinski definition) is 1. The maximum atomic E-state index is 11.8. The first-order valence-corrected chi connectivity index (χ1v) is 9.04. The highest BCUT2D eigenvalue weighted by atomic mass is 32.2. The number of ether oxygens (including phenoxy) is 2. The monoisotopic (exact) mass is 361 g/mol. The lowest BCUT2D eigenvalue weighted by atomic mass is 10.2. The number of carbonyl (C=O) groups is 1. The van der Waals surface area contributed by atoms with Crippen molar-refractivity contribution in [1.29, 1.82) is 0 Å². The molecule has 0 atom stereocenters. The second kappa shape index (κ2) is 9.00. The highest BCUT2D eigenvalue weighted by Gasteiger charge is 2.10. The molecule has 2 aromatic carbocycles. The predicted octanol–water partition coefficient (Wildman–Crippen LogP) is 2.33. The zero-order chi connectivity index (χ0) is 18.1. The van der Waals surface area contributed by atoms with E-state index < -0.39 is 22.5 Å². The van der Waals surface area contributed by atoms with Crippen LogP contribution in [0.15, 0.2) is 60.0 Å². The third kappa shape index (κ3) is 6.78. The molecule has 6 nitrogen and oxygen atoms in total. The number of esters is 1. The average molecular weight is 361 g/mol. The Kier molecular flexibility index (Phi) is 6.73. The van der Waals surface area contributed by atoms with Crippen molar-refractivity contribution in [3.05, 3.63) is 71.1 Å². The minimum Gasteiger partial charge on any atom is -0.497 e. The smallest absolute Gasteiger partial charge is 0.321 e. The Morgan fingerprint density at radius 2 is 1.88 bits per heavy atom. The third-order valence-corrected chi connectivity index (χ3v) is 4.23. The van der Waals surface area contributed by atoms with E-state index in [0.717, 1.165) is 16.5 Å². The van der Waals surface area contributed by atoms with Crippen LogP contribution in [0.2, 0.25) is 0 Å². The highest BCUT2D eigenvalue weighted by molar-refractivity contribution is 7.92. The number of benzene rings is 2. The van der Waals surface area contributed by atoms with E-state index in [1.165, 1.54) is 6.08 Å². The van der Waals surface area contributed by atoms with E-state index in [2.05, 4.69) is 4.72 Å². The van der Waals surface area contributed by atoms with E-state index in [9.17, 15) is 13.2 Å². The molecule has 0 saturated heterocycles. The van der Waals surface area contributed by atoms with E-state index in [-0.39, 0.29) is 6.61 Å². The standard InChI is InChI=1S/C18H19NO5S/c1-23-17-9-5-8-16(12-17)14-24-18(20)13-19-25(21,22)11-10-15-6-3-2-4-7-15/h2-12,19H,13-14H2,1H3/b11-10+. The Hall–Kier alpha value is -2.64. The number of methoxy groups -OCH3 is 1. The summed E-state index contributed by atoms with van der Waals surface area (Å²) in [5.41, 5.74) is 1.49. The number of sulfonamides is 1. The topological polar surface area (TPSA) is 81.7 Å². The van der Waals surface area contributed by atoms with Gasteiger partial charge in [-0.05, 0) is 29.3 Å². The van der Waals surface area contributed by atoms with E-state index in [1.807, 2.05) is 6.07 Å². The molecule has 0 unspecified atom stereocenters. The van der Waals surface area contributed by atoms with Gasteiger partial charge in [-0.3, -0.25) is 4.79 Å². The molecule has 0 aliphatic rings. The normalized spacial score (nSPS) is 11.4. The third-order valence-electron chi connectivity index (χ3n) is 3.19. The van der Waals surface area contributed by atoms with Gasteiger partial charge in [-0.1, -0.05) is 42.5 Å². The summed E-state index contributed by atoms with van der Waals surface area (Å²) < 4.78 is 36.0. The number of carbonyl (C=O) groups excluding carboxylic acids is 1. The summed E-state index contributed by atoms with van der Waals surface area (Å²) in [6.45, 7) is -0.400. The van der Waals surface area contributed by atoms with Gasteiger partial charge in [-0.2, -0.15) is 0 Å². The van der Waals surface area contributed by atoms with Crippen LogP contribution in [0.25, 0.3) is 6.08 Å². The van der Waals surface area contributed by atoms with Crippen molar-refractivity contribution in [1.82, 2.24) is 4.72 Å². The maximum absolute atomic E-state index is 11.8. The van der Waals surface area contributed by atoms with Gasteiger partial charge in [0, 0.05) is 5.41 Å². The highest BCUT2D eigenvalue weighted by Crippen LogP contribution is 2.13. The molecule has 7 heteroatoms. The molecule has 0 aliphatic carbocycles. The lowest BCUT2D eigenvalue weighted by Gasteiger charge is -2.07. The average Bonchev–Trinajstić information content (AvgIpc) is 2.64. The summed E-state index contributed by atoms with van der Waals surface area (Å²) in [4.78, 5) is 11.7. The Morgan fingerprint density at radius 1 is 1.12 bits per heavy atom. The van der Waals surface area contributed by atoms with E-state index >= 15 is 0 Å². The second-order valence-corrected chi connectivity index (χ2v) is 6.74. The molecule has 0 bridgehead atoms. The fourth-order valence-electron chi connectivity index (χ4n) is 1.92. The molecule has 2 aromatic rings. The molecule has 0 aromatic heterocycles. The molecule has 0 radical (unpaired) electrons. The Bertz CT molecular complexity index is 832. The van der Waals surface area contributed by atoms with Crippen LogP contribution in [-0.4, -0.2) is 28.0 Å². The fourth-order valence-corrected chi connectivity index (χ4v) is 2.67. The van der Waals surface area contributed by atoms with Crippen LogP contribution in [0.5, 0.6) is 5.75 Å². The Labute approximate surface area is 147 Å². The Balaban J connectivity index is 1.81. The Morgan fingerprint density at radius 3 is 2.60 bits per heavy atom. The molecule has 2 rings (SSSR count). The molecular weight excluding hydrogens is 342 g/mol. The van der Waals surface area contributed by atoms with E-state index in [0.29, 0.717) is 5.75 Å². The zero-order valence-electron chi connectivity index (χ0n) is 13.7. The molecule has 0 amide bonds. The molecule has 1 N–H and O–H groups in total. The molecule has 0 fully saturated rings. The van der Waals surface area contributed by atoms with Crippen molar-refractivity contribution in [2.75, 3.05) is 13.7 Å². The SMILES string of the molecule is COc1cccc(COC(=O)CNS(=O)(=O)/C=C/c2ccccc2)c1. The number of nitrogens with one attached hydrogen (secondary N) is 1. The summed E-state index contributed by atoms with van der Waals surface area (Å²) in [5.74, 6) is -0.0141. The van der Waals surface area contributed by atoms with Gasteiger partial charge >= 0.3 is 5.97 Å². The minimum atomic E-state index is -3.72. The first kappa shape index (κ1) is 18.7. The van der Waals surface area contributed by atoms with Gasteiger partial charge in [0.05, 0.1) is 7.11 Å². The van der Waals surface area contributed by atoms with Crippen LogP contribution in [0.1, 0.15) is 11.1 Å². The van der Waals surface area contributed by atoms with E-state index in [4.69, 9.17) is 9.47 Å². The summed E-state index contributed by atoms with van der Waals surface area (Å²) in [6.07, 6.45) is 1.45. The van der Waals surface area contributed by atoms with Crippen LogP contribution < -0.4 is 9.46 Å². The number of rotatable bonds is 8. The quantitative estimate of drug-likeness (QED) is 0.730. The first-order chi connectivity index (χ1) is 12.0. The zero-order valence-corrected chi connectivity index (χ0v) is 14.5. The van der Waals surface area contributed by atoms with Crippen molar-refractivity contribution >= 4 is 22.1 Å². The van der Waals surface area contributed by atoms with Crippen molar-refractivity contribution in [3.8, 4) is 5.75 Å². The van der Waals surface area contributed by atoms with Gasteiger partial charge in [0.15, 0.2) is 0 Å². The van der Waals surface area contributed by atoms with Gasteiger partial charge in [0.1, 0.15) is 18.9 Å². The molecule has 132 valence electrons. The lowest BCUT2D eigenvalue weighted by Crippen LogP contribution is -2.29. The molecule has 0 saturated carbocycles. The van der Waals surface area contributed by atoms with Crippen LogP contribution in [-0.2, 0) is 26.2 Å². The van der Waals surface area contributed by atoms with Crippen molar-refractivity contribution in [2.24, 2.45) is 0 Å². The molecular formula is C18H19NO5S.